The van der Waals surface area contributed by atoms with Crippen LogP contribution in [0.2, 0.25) is 0 Å². The van der Waals surface area contributed by atoms with E-state index in [-0.39, 0.29) is 0 Å². The SMILES string of the molecule is O=S(=O)(OCC[NH+]([O-])S(=O)(=O)c1ccc(C(F)(F)F)cc1)c1ccc(F)cc1. The number of hydrogen-bond donors (Lipinski definition) is 1. The maximum absolute atomic E-state index is 12.8. The highest BCUT2D eigenvalue weighted by atomic mass is 32.2. The third-order valence-electron chi connectivity index (χ3n) is 3.44. The van der Waals surface area contributed by atoms with Crippen LogP contribution in [-0.2, 0) is 30.5 Å². The van der Waals surface area contributed by atoms with Gasteiger partial charge >= 0.3 is 16.2 Å². The van der Waals surface area contributed by atoms with E-state index in [1.807, 2.05) is 0 Å². The number of rotatable bonds is 7. The van der Waals surface area contributed by atoms with Crippen LogP contribution in [0.25, 0.3) is 0 Å². The summed E-state index contributed by atoms with van der Waals surface area (Å²) in [6.45, 7) is -1.68. The monoisotopic (exact) mass is 443 g/mol. The van der Waals surface area contributed by atoms with Crippen LogP contribution in [0.5, 0.6) is 0 Å². The number of quaternary nitrogens is 1. The predicted octanol–water partition coefficient (Wildman–Crippen LogP) is 1.32. The fourth-order valence-electron chi connectivity index (χ4n) is 1.99. The van der Waals surface area contributed by atoms with Crippen LogP contribution in [0.3, 0.4) is 0 Å². The fraction of sp³-hybridized carbons (Fsp3) is 0.200. The van der Waals surface area contributed by atoms with Crippen molar-refractivity contribution in [1.29, 1.82) is 0 Å². The Morgan fingerprint density at radius 1 is 0.893 bits per heavy atom. The number of sulfonamides is 1. The van der Waals surface area contributed by atoms with Gasteiger partial charge in [-0.1, -0.05) is 0 Å². The summed E-state index contributed by atoms with van der Waals surface area (Å²) in [7, 11) is -8.96. The minimum Gasteiger partial charge on any atom is -0.618 e. The van der Waals surface area contributed by atoms with Crippen molar-refractivity contribution in [2.24, 2.45) is 0 Å². The number of halogens is 4. The van der Waals surface area contributed by atoms with Crippen LogP contribution in [0.4, 0.5) is 17.6 Å². The molecule has 0 aliphatic rings. The summed E-state index contributed by atoms with van der Waals surface area (Å²) in [5.74, 6) is -0.684. The zero-order chi connectivity index (χ0) is 21.2. The molecule has 2 aromatic carbocycles. The van der Waals surface area contributed by atoms with Crippen molar-refractivity contribution in [3.63, 3.8) is 0 Å². The summed E-state index contributed by atoms with van der Waals surface area (Å²) in [4.78, 5) is -1.06. The summed E-state index contributed by atoms with van der Waals surface area (Å²) in [6, 6.07) is 5.87. The molecule has 0 saturated heterocycles. The molecule has 0 radical (unpaired) electrons. The van der Waals surface area contributed by atoms with Gasteiger partial charge in [-0.2, -0.15) is 30.0 Å². The number of benzene rings is 2. The first kappa shape index (κ1) is 22.2. The zero-order valence-corrected chi connectivity index (χ0v) is 15.4. The van der Waals surface area contributed by atoms with Gasteiger partial charge in [-0.3, -0.25) is 8.65 Å². The van der Waals surface area contributed by atoms with Crippen molar-refractivity contribution < 1.29 is 43.0 Å². The molecule has 0 aromatic heterocycles. The van der Waals surface area contributed by atoms with Crippen LogP contribution in [0.1, 0.15) is 5.56 Å². The number of hydroxylamine groups is 1. The van der Waals surface area contributed by atoms with Crippen molar-refractivity contribution in [3.8, 4) is 0 Å². The Morgan fingerprint density at radius 2 is 1.39 bits per heavy atom. The van der Waals surface area contributed by atoms with Gasteiger partial charge in [0, 0.05) is 0 Å². The third kappa shape index (κ3) is 5.26. The van der Waals surface area contributed by atoms with E-state index in [0.29, 0.717) is 24.3 Å². The van der Waals surface area contributed by atoms with Crippen LogP contribution < -0.4 is 4.47 Å². The molecule has 154 valence electrons. The van der Waals surface area contributed by atoms with Crippen molar-refractivity contribution in [2.75, 3.05) is 13.2 Å². The molecule has 1 unspecified atom stereocenters. The van der Waals surface area contributed by atoms with E-state index in [9.17, 15) is 39.6 Å². The predicted molar refractivity (Wildman–Crippen MR) is 87.4 cm³/mol. The van der Waals surface area contributed by atoms with E-state index in [4.69, 9.17) is 0 Å². The summed E-state index contributed by atoms with van der Waals surface area (Å²) in [5, 5.41) is 11.9. The molecule has 0 amide bonds. The van der Waals surface area contributed by atoms with Gasteiger partial charge in [-0.05, 0) is 48.5 Å². The molecule has 28 heavy (non-hydrogen) atoms. The van der Waals surface area contributed by atoms with Crippen molar-refractivity contribution in [3.05, 3.63) is 65.1 Å². The molecule has 0 aliphatic heterocycles. The maximum Gasteiger partial charge on any atom is 0.416 e. The molecule has 13 heteroatoms. The Balaban J connectivity index is 2.03. The molecule has 0 fully saturated rings. The lowest BCUT2D eigenvalue weighted by molar-refractivity contribution is -0.708. The van der Waals surface area contributed by atoms with E-state index in [1.165, 1.54) is 0 Å². The van der Waals surface area contributed by atoms with Gasteiger partial charge < -0.3 is 5.21 Å². The minimum atomic E-state index is -4.67. The topological polar surface area (TPSA) is 105 Å². The number of hydrogen-bond acceptors (Lipinski definition) is 6. The molecule has 0 aliphatic carbocycles. The van der Waals surface area contributed by atoms with E-state index in [2.05, 4.69) is 4.18 Å². The second-order valence-electron chi connectivity index (χ2n) is 5.38. The van der Waals surface area contributed by atoms with Gasteiger partial charge in [0.2, 0.25) is 0 Å². The first-order valence-corrected chi connectivity index (χ1v) is 10.3. The molecule has 2 rings (SSSR count). The summed E-state index contributed by atoms with van der Waals surface area (Å²) >= 11 is 0. The average molecular weight is 443 g/mol. The molecule has 2 aromatic rings. The van der Waals surface area contributed by atoms with Crippen LogP contribution in [0, 0.1) is 11.0 Å². The largest absolute Gasteiger partial charge is 0.618 e. The minimum absolute atomic E-state index is 0.396. The van der Waals surface area contributed by atoms with Gasteiger partial charge in [0.05, 0.1) is 10.5 Å². The molecule has 0 heterocycles. The maximum atomic E-state index is 12.8. The van der Waals surface area contributed by atoms with E-state index in [0.717, 1.165) is 24.3 Å². The lowest BCUT2D eigenvalue weighted by atomic mass is 10.2. The second kappa shape index (κ2) is 8.13. The Labute approximate surface area is 157 Å². The summed E-state index contributed by atoms with van der Waals surface area (Å²) < 4.78 is 101. The molecule has 0 bridgehead atoms. The first-order chi connectivity index (χ1) is 12.8. The molecule has 0 spiro atoms. The fourth-order valence-corrected chi connectivity index (χ4v) is 4.01. The van der Waals surface area contributed by atoms with Gasteiger partial charge in [0.15, 0.2) is 0 Å². The second-order valence-corrected chi connectivity index (χ2v) is 8.93. The molecular weight excluding hydrogens is 430 g/mol. The lowest BCUT2D eigenvalue weighted by Crippen LogP contribution is -3.09. The van der Waals surface area contributed by atoms with Crippen LogP contribution >= 0.6 is 0 Å². The van der Waals surface area contributed by atoms with Gasteiger partial charge in [-0.25, -0.2) is 4.39 Å². The molecule has 0 saturated carbocycles. The van der Waals surface area contributed by atoms with Crippen molar-refractivity contribution in [1.82, 2.24) is 0 Å². The number of alkyl halides is 3. The normalized spacial score (nSPS) is 14.0. The van der Waals surface area contributed by atoms with E-state index < -0.39 is 65.1 Å². The average Bonchev–Trinajstić information content (AvgIpc) is 2.61. The Bertz CT molecular complexity index is 1020. The van der Waals surface area contributed by atoms with E-state index >= 15 is 0 Å². The zero-order valence-electron chi connectivity index (χ0n) is 13.8. The molecule has 1 atom stereocenters. The van der Waals surface area contributed by atoms with Gasteiger partial charge in [0.25, 0.3) is 10.1 Å². The highest BCUT2D eigenvalue weighted by Crippen LogP contribution is 2.29. The summed E-state index contributed by atoms with van der Waals surface area (Å²) in [6.07, 6.45) is -4.67. The van der Waals surface area contributed by atoms with Gasteiger partial charge in [-0.15, -0.1) is 0 Å². The quantitative estimate of drug-likeness (QED) is 0.393. The molecule has 7 nitrogen and oxygen atoms in total. The van der Waals surface area contributed by atoms with Crippen molar-refractivity contribution in [2.45, 2.75) is 16.0 Å². The number of nitrogens with one attached hydrogen (secondary N) is 1. The highest BCUT2D eigenvalue weighted by Gasteiger charge is 2.31. The molecule has 1 N–H and O–H groups in total. The van der Waals surface area contributed by atoms with Gasteiger partial charge in [0.1, 0.15) is 23.9 Å². The van der Waals surface area contributed by atoms with Crippen molar-refractivity contribution >= 4 is 20.1 Å². The summed E-state index contributed by atoms with van der Waals surface area (Å²) in [5.41, 5.74) is -1.09. The Kier molecular flexibility index (Phi) is 6.45. The van der Waals surface area contributed by atoms with Crippen LogP contribution in [0.15, 0.2) is 58.3 Å². The van der Waals surface area contributed by atoms with E-state index in [1.54, 1.807) is 0 Å². The Hall–Kier alpha value is -2.06. The highest BCUT2D eigenvalue weighted by molar-refractivity contribution is 7.86. The van der Waals surface area contributed by atoms with Crippen LogP contribution in [-0.4, -0.2) is 30.0 Å². The standard InChI is InChI=1S/C15H13F4NO6S2/c16-12-3-7-14(8-4-12)28(24,25)26-10-9-20(21)27(22,23)13-5-1-11(2-6-13)15(17,18)19/h1-8,20H,9-10H2. The Morgan fingerprint density at radius 3 is 1.89 bits per heavy atom. The first-order valence-electron chi connectivity index (χ1n) is 7.44. The molecular formula is C15H13F4NO6S2. The lowest BCUT2D eigenvalue weighted by Gasteiger charge is -2.21. The smallest absolute Gasteiger partial charge is 0.416 e. The third-order valence-corrected chi connectivity index (χ3v) is 6.46.